The van der Waals surface area contributed by atoms with Crippen molar-refractivity contribution in [2.75, 3.05) is 6.61 Å². The van der Waals surface area contributed by atoms with Crippen LogP contribution in [0.15, 0.2) is 22.7 Å². The van der Waals surface area contributed by atoms with Crippen LogP contribution in [0.4, 0.5) is 0 Å². The minimum absolute atomic E-state index is 0.251. The molecule has 0 amide bonds. The standard InChI is InChI=1S/C9H10BrClO2/c1-6(12)5-13-9-3-2-7(10)4-8(9)11/h2-4,6,12H,5H2,1H3. The Kier molecular flexibility index (Phi) is 4.03. The topological polar surface area (TPSA) is 29.5 Å². The molecule has 0 saturated carbocycles. The van der Waals surface area contributed by atoms with Crippen LogP contribution in [0.3, 0.4) is 0 Å². The van der Waals surface area contributed by atoms with Crippen LogP contribution in [-0.4, -0.2) is 17.8 Å². The summed E-state index contributed by atoms with van der Waals surface area (Å²) in [6.07, 6.45) is -0.486. The summed E-state index contributed by atoms with van der Waals surface area (Å²) in [6, 6.07) is 5.34. The Morgan fingerprint density at radius 2 is 2.31 bits per heavy atom. The summed E-state index contributed by atoms with van der Waals surface area (Å²) in [6.45, 7) is 1.91. The van der Waals surface area contributed by atoms with Crippen molar-refractivity contribution in [2.45, 2.75) is 13.0 Å². The van der Waals surface area contributed by atoms with E-state index in [0.29, 0.717) is 10.8 Å². The molecule has 72 valence electrons. The highest BCUT2D eigenvalue weighted by Gasteiger charge is 2.03. The Morgan fingerprint density at radius 1 is 1.62 bits per heavy atom. The first-order valence-electron chi connectivity index (χ1n) is 3.85. The predicted octanol–water partition coefficient (Wildman–Crippen LogP) is 2.86. The van der Waals surface area contributed by atoms with E-state index in [1.807, 2.05) is 6.07 Å². The minimum Gasteiger partial charge on any atom is -0.489 e. The van der Waals surface area contributed by atoms with Crippen LogP contribution in [-0.2, 0) is 0 Å². The van der Waals surface area contributed by atoms with Crippen molar-refractivity contribution >= 4 is 27.5 Å². The van der Waals surface area contributed by atoms with Crippen molar-refractivity contribution < 1.29 is 9.84 Å². The zero-order valence-electron chi connectivity index (χ0n) is 7.13. The van der Waals surface area contributed by atoms with Gasteiger partial charge in [0.05, 0.1) is 11.1 Å². The lowest BCUT2D eigenvalue weighted by atomic mass is 10.3. The average Bonchev–Trinajstić information content (AvgIpc) is 2.02. The summed E-state index contributed by atoms with van der Waals surface area (Å²) >= 11 is 9.16. The summed E-state index contributed by atoms with van der Waals surface area (Å²) in [5.74, 6) is 0.589. The Morgan fingerprint density at radius 3 is 2.85 bits per heavy atom. The normalized spacial score (nSPS) is 12.6. The van der Waals surface area contributed by atoms with Crippen molar-refractivity contribution in [1.82, 2.24) is 0 Å². The fourth-order valence-electron chi connectivity index (χ4n) is 0.803. The molecule has 13 heavy (non-hydrogen) atoms. The van der Waals surface area contributed by atoms with Gasteiger partial charge in [0.15, 0.2) is 0 Å². The van der Waals surface area contributed by atoms with Gasteiger partial charge in [-0.05, 0) is 25.1 Å². The molecular weight excluding hydrogens is 255 g/mol. The monoisotopic (exact) mass is 264 g/mol. The fourth-order valence-corrected chi connectivity index (χ4v) is 1.53. The van der Waals surface area contributed by atoms with E-state index in [2.05, 4.69) is 15.9 Å². The lowest BCUT2D eigenvalue weighted by Crippen LogP contribution is -2.12. The van der Waals surface area contributed by atoms with Crippen LogP contribution in [0.1, 0.15) is 6.92 Å². The number of aliphatic hydroxyl groups is 1. The third-order valence-corrected chi connectivity index (χ3v) is 2.16. The fraction of sp³-hybridized carbons (Fsp3) is 0.333. The Hall–Kier alpha value is -0.250. The van der Waals surface area contributed by atoms with E-state index < -0.39 is 6.10 Å². The predicted molar refractivity (Wildman–Crippen MR) is 56.3 cm³/mol. The number of hydrogen-bond acceptors (Lipinski definition) is 2. The molecule has 1 rings (SSSR count). The molecule has 2 nitrogen and oxygen atoms in total. The Labute approximate surface area is 90.6 Å². The molecule has 1 atom stereocenters. The van der Waals surface area contributed by atoms with Crippen molar-refractivity contribution in [1.29, 1.82) is 0 Å². The molecule has 0 bridgehead atoms. The molecule has 1 aromatic carbocycles. The van der Waals surface area contributed by atoms with Crippen LogP contribution in [0.5, 0.6) is 5.75 Å². The molecular formula is C9H10BrClO2. The van der Waals surface area contributed by atoms with Gasteiger partial charge >= 0.3 is 0 Å². The molecule has 1 unspecified atom stereocenters. The second-order valence-corrected chi connectivity index (χ2v) is 4.06. The summed E-state index contributed by atoms with van der Waals surface area (Å²) in [4.78, 5) is 0. The van der Waals surface area contributed by atoms with Crippen LogP contribution >= 0.6 is 27.5 Å². The number of halogens is 2. The maximum atomic E-state index is 8.98. The smallest absolute Gasteiger partial charge is 0.138 e. The van der Waals surface area contributed by atoms with Crippen molar-refractivity contribution in [3.8, 4) is 5.75 Å². The molecule has 0 aliphatic rings. The highest BCUT2D eigenvalue weighted by Crippen LogP contribution is 2.27. The van der Waals surface area contributed by atoms with Gasteiger partial charge in [0, 0.05) is 4.47 Å². The number of aliphatic hydroxyl groups excluding tert-OH is 1. The quantitative estimate of drug-likeness (QED) is 0.911. The van der Waals surface area contributed by atoms with Gasteiger partial charge in [-0.1, -0.05) is 27.5 Å². The number of hydrogen-bond donors (Lipinski definition) is 1. The highest BCUT2D eigenvalue weighted by atomic mass is 79.9. The maximum absolute atomic E-state index is 8.98. The van der Waals surface area contributed by atoms with E-state index in [0.717, 1.165) is 4.47 Å². The van der Waals surface area contributed by atoms with E-state index >= 15 is 0 Å². The second kappa shape index (κ2) is 4.84. The second-order valence-electron chi connectivity index (χ2n) is 2.73. The molecule has 0 aromatic heterocycles. The molecule has 1 N–H and O–H groups in total. The number of benzene rings is 1. The first kappa shape index (κ1) is 10.8. The van der Waals surface area contributed by atoms with Crippen LogP contribution in [0, 0.1) is 0 Å². The first-order chi connectivity index (χ1) is 6.09. The van der Waals surface area contributed by atoms with E-state index in [1.54, 1.807) is 19.1 Å². The zero-order chi connectivity index (χ0) is 9.84. The Balaban J connectivity index is 2.67. The van der Waals surface area contributed by atoms with Gasteiger partial charge in [0.1, 0.15) is 12.4 Å². The van der Waals surface area contributed by atoms with E-state index in [1.165, 1.54) is 0 Å². The molecule has 0 aliphatic heterocycles. The summed E-state index contributed by atoms with van der Waals surface area (Å²) in [7, 11) is 0. The number of ether oxygens (including phenoxy) is 1. The number of rotatable bonds is 3. The summed E-state index contributed by atoms with van der Waals surface area (Å²) in [5.41, 5.74) is 0. The van der Waals surface area contributed by atoms with E-state index in [4.69, 9.17) is 21.4 Å². The Bertz CT molecular complexity index is 289. The van der Waals surface area contributed by atoms with Gasteiger partial charge in [-0.3, -0.25) is 0 Å². The molecule has 0 aliphatic carbocycles. The molecule has 0 radical (unpaired) electrons. The molecule has 1 aromatic rings. The van der Waals surface area contributed by atoms with Gasteiger partial charge in [-0.15, -0.1) is 0 Å². The first-order valence-corrected chi connectivity index (χ1v) is 5.02. The average molecular weight is 266 g/mol. The molecule has 0 heterocycles. The van der Waals surface area contributed by atoms with Gasteiger partial charge in [-0.25, -0.2) is 0 Å². The van der Waals surface area contributed by atoms with Crippen molar-refractivity contribution in [3.63, 3.8) is 0 Å². The largest absolute Gasteiger partial charge is 0.489 e. The summed E-state index contributed by atoms with van der Waals surface area (Å²) in [5, 5.41) is 9.52. The maximum Gasteiger partial charge on any atom is 0.138 e. The minimum atomic E-state index is -0.486. The van der Waals surface area contributed by atoms with E-state index in [-0.39, 0.29) is 6.61 Å². The lowest BCUT2D eigenvalue weighted by Gasteiger charge is -2.09. The summed E-state index contributed by atoms with van der Waals surface area (Å²) < 4.78 is 6.15. The lowest BCUT2D eigenvalue weighted by molar-refractivity contribution is 0.123. The van der Waals surface area contributed by atoms with Gasteiger partial charge in [-0.2, -0.15) is 0 Å². The highest BCUT2D eigenvalue weighted by molar-refractivity contribution is 9.10. The van der Waals surface area contributed by atoms with Crippen molar-refractivity contribution in [3.05, 3.63) is 27.7 Å². The van der Waals surface area contributed by atoms with E-state index in [9.17, 15) is 0 Å². The molecule has 0 fully saturated rings. The molecule has 4 heteroatoms. The van der Waals surface area contributed by atoms with Crippen molar-refractivity contribution in [2.24, 2.45) is 0 Å². The SMILES string of the molecule is CC(O)COc1ccc(Br)cc1Cl. The third kappa shape index (κ3) is 3.55. The van der Waals surface area contributed by atoms with Crippen LogP contribution in [0.2, 0.25) is 5.02 Å². The van der Waals surface area contributed by atoms with Gasteiger partial charge < -0.3 is 9.84 Å². The molecule has 0 spiro atoms. The van der Waals surface area contributed by atoms with Gasteiger partial charge in [0.2, 0.25) is 0 Å². The van der Waals surface area contributed by atoms with Gasteiger partial charge in [0.25, 0.3) is 0 Å². The third-order valence-electron chi connectivity index (χ3n) is 1.37. The molecule has 0 saturated heterocycles. The van der Waals surface area contributed by atoms with Crippen LogP contribution < -0.4 is 4.74 Å². The zero-order valence-corrected chi connectivity index (χ0v) is 9.47. The van der Waals surface area contributed by atoms with Crippen LogP contribution in [0.25, 0.3) is 0 Å².